The molecule has 0 bridgehead atoms. The van der Waals surface area contributed by atoms with Gasteiger partial charge in [0.1, 0.15) is 12.4 Å². The quantitative estimate of drug-likeness (QED) is 0.284. The molecule has 0 atom stereocenters. The minimum absolute atomic E-state index is 0.0837. The maximum atomic E-state index is 13.2. The average Bonchev–Trinajstić information content (AvgIpc) is 3.14. The lowest BCUT2D eigenvalue weighted by atomic mass is 10.1. The van der Waals surface area contributed by atoms with Gasteiger partial charge in [0.05, 0.1) is 11.6 Å². The van der Waals surface area contributed by atoms with Crippen LogP contribution in [0.1, 0.15) is 23.6 Å². The van der Waals surface area contributed by atoms with Crippen molar-refractivity contribution in [2.45, 2.75) is 13.5 Å². The van der Waals surface area contributed by atoms with Gasteiger partial charge in [-0.1, -0.05) is 35.3 Å². The van der Waals surface area contributed by atoms with Crippen molar-refractivity contribution in [3.63, 3.8) is 0 Å². The lowest BCUT2D eigenvalue weighted by Crippen LogP contribution is -2.05. The van der Waals surface area contributed by atoms with Crippen LogP contribution in [-0.4, -0.2) is 18.5 Å². The normalized spacial score (nSPS) is 14.2. The van der Waals surface area contributed by atoms with E-state index in [4.69, 9.17) is 37.4 Å². The Morgan fingerprint density at radius 3 is 2.58 bits per heavy atom. The van der Waals surface area contributed by atoms with Gasteiger partial charge in [0.25, 0.3) is 0 Å². The zero-order valence-corrected chi connectivity index (χ0v) is 19.0. The molecule has 0 aliphatic carbocycles. The van der Waals surface area contributed by atoms with E-state index in [1.807, 2.05) is 19.1 Å². The highest BCUT2D eigenvalue weighted by Gasteiger charge is 2.24. The van der Waals surface area contributed by atoms with E-state index in [0.717, 1.165) is 5.56 Å². The van der Waals surface area contributed by atoms with Gasteiger partial charge in [0.15, 0.2) is 17.2 Å². The van der Waals surface area contributed by atoms with Gasteiger partial charge in [-0.15, -0.1) is 0 Å². The predicted molar refractivity (Wildman–Crippen MR) is 125 cm³/mol. The van der Waals surface area contributed by atoms with Gasteiger partial charge >= 0.3 is 5.97 Å². The van der Waals surface area contributed by atoms with Crippen LogP contribution in [-0.2, 0) is 16.1 Å². The zero-order valence-electron chi connectivity index (χ0n) is 17.5. The summed E-state index contributed by atoms with van der Waals surface area (Å²) in [6.07, 6.45) is 1.54. The number of carbonyl (C=O) groups is 1. The molecule has 0 spiro atoms. The maximum absolute atomic E-state index is 13.2. The number of esters is 1. The summed E-state index contributed by atoms with van der Waals surface area (Å²) in [6, 6.07) is 16.2. The first-order valence-electron chi connectivity index (χ1n) is 10.0. The van der Waals surface area contributed by atoms with Gasteiger partial charge in [-0.25, -0.2) is 14.2 Å². The van der Waals surface area contributed by atoms with E-state index in [-0.39, 0.29) is 18.2 Å². The average molecular weight is 486 g/mol. The number of halogens is 3. The third kappa shape index (κ3) is 5.53. The van der Waals surface area contributed by atoms with Crippen LogP contribution >= 0.6 is 23.2 Å². The molecular formula is C25H18Cl2FNO4. The SMILES string of the molecule is CCOc1cc(/C=C2/N=C(c3ccc(F)cc3)OC2=O)cc(Cl)c1OCc1cccc(Cl)c1. The third-order valence-corrected chi connectivity index (χ3v) is 5.13. The Kier molecular flexibility index (Phi) is 6.96. The van der Waals surface area contributed by atoms with Crippen LogP contribution in [0.4, 0.5) is 4.39 Å². The van der Waals surface area contributed by atoms with E-state index in [0.29, 0.717) is 39.3 Å². The van der Waals surface area contributed by atoms with E-state index in [2.05, 4.69) is 4.99 Å². The summed E-state index contributed by atoms with van der Waals surface area (Å²) in [5, 5.41) is 0.919. The van der Waals surface area contributed by atoms with Gasteiger partial charge in [-0.3, -0.25) is 0 Å². The summed E-state index contributed by atoms with van der Waals surface area (Å²) in [5.41, 5.74) is 2.03. The Labute approximate surface area is 200 Å². The monoisotopic (exact) mass is 485 g/mol. The number of benzene rings is 3. The Bertz CT molecular complexity index is 1260. The molecule has 0 radical (unpaired) electrons. The molecule has 4 rings (SSSR count). The van der Waals surface area contributed by atoms with Crippen LogP contribution in [0.15, 0.2) is 71.4 Å². The molecule has 1 aliphatic rings. The smallest absolute Gasteiger partial charge is 0.363 e. The molecule has 168 valence electrons. The fourth-order valence-electron chi connectivity index (χ4n) is 3.14. The molecule has 0 amide bonds. The van der Waals surface area contributed by atoms with Crippen molar-refractivity contribution < 1.29 is 23.4 Å². The van der Waals surface area contributed by atoms with Crippen LogP contribution in [0.2, 0.25) is 10.0 Å². The number of hydrogen-bond acceptors (Lipinski definition) is 5. The van der Waals surface area contributed by atoms with Crippen molar-refractivity contribution >= 4 is 41.1 Å². The van der Waals surface area contributed by atoms with E-state index in [1.54, 1.807) is 24.3 Å². The fourth-order valence-corrected chi connectivity index (χ4v) is 3.63. The highest BCUT2D eigenvalue weighted by Crippen LogP contribution is 2.38. The Balaban J connectivity index is 1.61. The van der Waals surface area contributed by atoms with Crippen molar-refractivity contribution in [2.75, 3.05) is 6.61 Å². The number of carbonyl (C=O) groups excluding carboxylic acids is 1. The number of aliphatic imine (C=N–C) groups is 1. The van der Waals surface area contributed by atoms with E-state index in [9.17, 15) is 9.18 Å². The summed E-state index contributed by atoms with van der Waals surface area (Å²) in [4.78, 5) is 16.5. The van der Waals surface area contributed by atoms with E-state index < -0.39 is 11.8 Å². The highest BCUT2D eigenvalue weighted by atomic mass is 35.5. The molecule has 1 aliphatic heterocycles. The lowest BCUT2D eigenvalue weighted by molar-refractivity contribution is -0.129. The second-order valence-electron chi connectivity index (χ2n) is 7.02. The summed E-state index contributed by atoms with van der Waals surface area (Å²) in [5.74, 6) is -0.109. The molecule has 0 N–H and O–H groups in total. The van der Waals surface area contributed by atoms with Gasteiger partial charge in [0, 0.05) is 10.6 Å². The Hall–Kier alpha value is -3.35. The fraction of sp³-hybridized carbons (Fsp3) is 0.120. The van der Waals surface area contributed by atoms with Crippen molar-refractivity contribution in [1.29, 1.82) is 0 Å². The Morgan fingerprint density at radius 2 is 1.85 bits per heavy atom. The number of rotatable bonds is 7. The molecule has 0 unspecified atom stereocenters. The second kappa shape index (κ2) is 10.1. The van der Waals surface area contributed by atoms with Crippen molar-refractivity contribution in [2.24, 2.45) is 4.99 Å². The second-order valence-corrected chi connectivity index (χ2v) is 7.87. The van der Waals surface area contributed by atoms with Gasteiger partial charge in [-0.05, 0) is 72.7 Å². The van der Waals surface area contributed by atoms with Crippen LogP contribution in [0.5, 0.6) is 11.5 Å². The first kappa shape index (κ1) is 22.8. The zero-order chi connectivity index (χ0) is 23.4. The first-order chi connectivity index (χ1) is 15.9. The van der Waals surface area contributed by atoms with Crippen molar-refractivity contribution in [1.82, 2.24) is 0 Å². The van der Waals surface area contributed by atoms with Crippen LogP contribution < -0.4 is 9.47 Å². The van der Waals surface area contributed by atoms with Crippen LogP contribution in [0, 0.1) is 5.82 Å². The molecule has 8 heteroatoms. The van der Waals surface area contributed by atoms with Crippen LogP contribution in [0.3, 0.4) is 0 Å². The number of hydrogen-bond donors (Lipinski definition) is 0. The van der Waals surface area contributed by atoms with Crippen LogP contribution in [0.25, 0.3) is 6.08 Å². The number of cyclic esters (lactones) is 1. The molecule has 0 aromatic heterocycles. The molecule has 3 aromatic carbocycles. The standard InChI is InChI=1S/C25H18Cl2FNO4/c1-2-31-22-13-16(11-20(27)23(22)32-14-15-4-3-5-18(26)10-15)12-21-25(30)33-24(29-21)17-6-8-19(28)9-7-17/h3-13H,2,14H2,1H3/b21-12+. The summed E-state index contributed by atoms with van der Waals surface area (Å²) < 4.78 is 30.0. The third-order valence-electron chi connectivity index (χ3n) is 4.62. The minimum atomic E-state index is -0.621. The van der Waals surface area contributed by atoms with E-state index >= 15 is 0 Å². The molecule has 3 aromatic rings. The number of nitrogens with zero attached hydrogens (tertiary/aromatic N) is 1. The van der Waals surface area contributed by atoms with E-state index in [1.165, 1.54) is 30.3 Å². The summed E-state index contributed by atoms with van der Waals surface area (Å²) >= 11 is 12.5. The molecule has 1 heterocycles. The predicted octanol–water partition coefficient (Wildman–Crippen LogP) is 6.45. The molecule has 5 nitrogen and oxygen atoms in total. The number of ether oxygens (including phenoxy) is 3. The van der Waals surface area contributed by atoms with Crippen molar-refractivity contribution in [3.05, 3.63) is 98.9 Å². The maximum Gasteiger partial charge on any atom is 0.363 e. The first-order valence-corrected chi connectivity index (χ1v) is 10.8. The van der Waals surface area contributed by atoms with Gasteiger partial charge in [-0.2, -0.15) is 0 Å². The molecule has 0 saturated carbocycles. The highest BCUT2D eigenvalue weighted by molar-refractivity contribution is 6.32. The summed E-state index contributed by atoms with van der Waals surface area (Å²) in [7, 11) is 0. The van der Waals surface area contributed by atoms with Gasteiger partial charge in [0.2, 0.25) is 5.90 Å². The topological polar surface area (TPSA) is 57.1 Å². The van der Waals surface area contributed by atoms with Crippen molar-refractivity contribution in [3.8, 4) is 11.5 Å². The summed E-state index contributed by atoms with van der Waals surface area (Å²) in [6.45, 7) is 2.48. The molecule has 0 fully saturated rings. The molecule has 33 heavy (non-hydrogen) atoms. The van der Waals surface area contributed by atoms with Gasteiger partial charge < -0.3 is 14.2 Å². The minimum Gasteiger partial charge on any atom is -0.490 e. The lowest BCUT2D eigenvalue weighted by Gasteiger charge is -2.14. The molecule has 0 saturated heterocycles. The molecular weight excluding hydrogens is 468 g/mol. The largest absolute Gasteiger partial charge is 0.490 e. The Morgan fingerprint density at radius 1 is 1.06 bits per heavy atom.